The number of hydrogen-bond donors (Lipinski definition) is 2. The predicted molar refractivity (Wildman–Crippen MR) is 68.1 cm³/mol. The van der Waals surface area contributed by atoms with Gasteiger partial charge in [0.15, 0.2) is 9.84 Å². The molecule has 1 aromatic rings. The van der Waals surface area contributed by atoms with Crippen LogP contribution in [-0.2, 0) is 9.84 Å². The molecule has 0 saturated carbocycles. The summed E-state index contributed by atoms with van der Waals surface area (Å²) in [5.41, 5.74) is 0.338. The molecule has 0 aliphatic heterocycles. The van der Waals surface area contributed by atoms with E-state index in [-0.39, 0.29) is 17.2 Å². The quantitative estimate of drug-likeness (QED) is 0.718. The lowest BCUT2D eigenvalue weighted by Gasteiger charge is -2.13. The normalized spacial score (nSPS) is 12.1. The summed E-state index contributed by atoms with van der Waals surface area (Å²) in [6.45, 7) is -2.23. The summed E-state index contributed by atoms with van der Waals surface area (Å²) in [7, 11) is -3.59. The van der Waals surface area contributed by atoms with Gasteiger partial charge in [0.05, 0.1) is 28.8 Å². The van der Waals surface area contributed by atoms with E-state index in [2.05, 4.69) is 5.32 Å². The molecule has 0 amide bonds. The molecule has 0 bridgehead atoms. The zero-order chi connectivity index (χ0) is 15.2. The fourth-order valence-corrected chi connectivity index (χ4v) is 2.59. The summed E-state index contributed by atoms with van der Waals surface area (Å²) in [6, 6.07) is 7.22. The Bertz CT molecular complexity index is 580. The van der Waals surface area contributed by atoms with Crippen LogP contribution in [0.15, 0.2) is 29.2 Å². The maximum atomic E-state index is 12.7. The minimum atomic E-state index is -3.59. The van der Waals surface area contributed by atoms with E-state index in [1.165, 1.54) is 24.3 Å². The van der Waals surface area contributed by atoms with E-state index in [4.69, 9.17) is 10.4 Å². The number of aliphatic hydroxyl groups is 1. The second-order valence-electron chi connectivity index (χ2n) is 4.15. The van der Waals surface area contributed by atoms with Crippen molar-refractivity contribution >= 4 is 9.84 Å². The Morgan fingerprint density at radius 2 is 1.90 bits per heavy atom. The number of nitriles is 1. The molecule has 0 radical (unpaired) electrons. The van der Waals surface area contributed by atoms with Gasteiger partial charge in [-0.1, -0.05) is 0 Å². The number of nitrogens with zero attached hydrogens (tertiary/aromatic N) is 1. The van der Waals surface area contributed by atoms with Gasteiger partial charge in [0.2, 0.25) is 0 Å². The maximum Gasteiger partial charge on any atom is 0.282 e. The van der Waals surface area contributed by atoms with Gasteiger partial charge in [-0.05, 0) is 24.3 Å². The molecule has 2 N–H and O–H groups in total. The van der Waals surface area contributed by atoms with Crippen molar-refractivity contribution in [1.29, 1.82) is 5.26 Å². The zero-order valence-electron chi connectivity index (χ0n) is 10.5. The highest BCUT2D eigenvalue weighted by Gasteiger charge is 2.27. The molecule has 110 valence electrons. The first-order valence-electron chi connectivity index (χ1n) is 5.73. The van der Waals surface area contributed by atoms with E-state index in [1.807, 2.05) is 6.07 Å². The molecule has 1 aromatic carbocycles. The number of nitrogens with one attached hydrogen (secondary N) is 1. The SMILES string of the molecule is N#Cc1ccc(S(=O)(=O)CCNCC(F)(F)CO)cc1. The number of alkyl halides is 2. The molecule has 8 heteroatoms. The Labute approximate surface area is 115 Å². The molecule has 0 aliphatic rings. The molecule has 0 spiro atoms. The molecule has 0 aliphatic carbocycles. The zero-order valence-corrected chi connectivity index (χ0v) is 11.3. The van der Waals surface area contributed by atoms with E-state index in [0.717, 1.165) is 0 Å². The van der Waals surface area contributed by atoms with Crippen LogP contribution in [-0.4, -0.2) is 44.9 Å². The number of halogens is 2. The van der Waals surface area contributed by atoms with Crippen LogP contribution in [0, 0.1) is 11.3 Å². The number of hydrogen-bond acceptors (Lipinski definition) is 5. The second kappa shape index (κ2) is 6.74. The van der Waals surface area contributed by atoms with Crippen LogP contribution in [0.4, 0.5) is 8.78 Å². The lowest BCUT2D eigenvalue weighted by atomic mass is 10.2. The largest absolute Gasteiger partial charge is 0.390 e. The fourth-order valence-electron chi connectivity index (χ4n) is 1.39. The number of aliphatic hydroxyl groups excluding tert-OH is 1. The molecule has 0 heterocycles. The fraction of sp³-hybridized carbons (Fsp3) is 0.417. The monoisotopic (exact) mass is 304 g/mol. The molecule has 0 unspecified atom stereocenters. The molecular weight excluding hydrogens is 290 g/mol. The third-order valence-electron chi connectivity index (χ3n) is 2.51. The standard InChI is InChI=1S/C12H14F2N2O3S/c13-12(14,9-17)8-16-5-6-20(18,19)11-3-1-10(7-15)2-4-11/h1-4,16-17H,5-6,8-9H2. The molecule has 0 atom stereocenters. The van der Waals surface area contributed by atoms with Crippen molar-refractivity contribution in [3.63, 3.8) is 0 Å². The average Bonchev–Trinajstić information content (AvgIpc) is 2.44. The van der Waals surface area contributed by atoms with Crippen LogP contribution in [0.1, 0.15) is 5.56 Å². The first kappa shape index (κ1) is 16.5. The van der Waals surface area contributed by atoms with Crippen LogP contribution >= 0.6 is 0 Å². The molecular formula is C12H14F2N2O3S. The van der Waals surface area contributed by atoms with Crippen molar-refractivity contribution in [3.05, 3.63) is 29.8 Å². The van der Waals surface area contributed by atoms with E-state index in [9.17, 15) is 17.2 Å². The van der Waals surface area contributed by atoms with Gasteiger partial charge >= 0.3 is 0 Å². The first-order valence-corrected chi connectivity index (χ1v) is 7.38. The van der Waals surface area contributed by atoms with Crippen LogP contribution in [0.5, 0.6) is 0 Å². The highest BCUT2D eigenvalue weighted by Crippen LogP contribution is 2.12. The third kappa shape index (κ3) is 4.85. The van der Waals surface area contributed by atoms with Crippen molar-refractivity contribution in [2.45, 2.75) is 10.8 Å². The summed E-state index contributed by atoms with van der Waals surface area (Å²) < 4.78 is 49.1. The van der Waals surface area contributed by atoms with Gasteiger partial charge in [-0.2, -0.15) is 5.26 Å². The lowest BCUT2D eigenvalue weighted by Crippen LogP contribution is -2.37. The molecule has 0 aromatic heterocycles. The van der Waals surface area contributed by atoms with E-state index < -0.39 is 28.9 Å². The highest BCUT2D eigenvalue weighted by molar-refractivity contribution is 7.91. The van der Waals surface area contributed by atoms with Crippen molar-refractivity contribution in [2.24, 2.45) is 0 Å². The Balaban J connectivity index is 2.56. The third-order valence-corrected chi connectivity index (χ3v) is 4.24. The Kier molecular flexibility index (Phi) is 5.56. The molecule has 0 saturated heterocycles. The molecule has 20 heavy (non-hydrogen) atoms. The smallest absolute Gasteiger partial charge is 0.282 e. The Morgan fingerprint density at radius 1 is 1.30 bits per heavy atom. The van der Waals surface area contributed by atoms with Crippen LogP contribution in [0.3, 0.4) is 0 Å². The highest BCUT2D eigenvalue weighted by atomic mass is 32.2. The number of benzene rings is 1. The van der Waals surface area contributed by atoms with Gasteiger partial charge in [-0.25, -0.2) is 17.2 Å². The van der Waals surface area contributed by atoms with Gasteiger partial charge in [-0.3, -0.25) is 0 Å². The van der Waals surface area contributed by atoms with E-state index in [1.54, 1.807) is 0 Å². The van der Waals surface area contributed by atoms with Gasteiger partial charge in [0.1, 0.15) is 6.61 Å². The number of rotatable bonds is 7. The lowest BCUT2D eigenvalue weighted by molar-refractivity contribution is -0.0471. The molecule has 0 fully saturated rings. The summed E-state index contributed by atoms with van der Waals surface area (Å²) in [5.74, 6) is -3.61. The predicted octanol–water partition coefficient (Wildman–Crippen LogP) is 0.549. The number of sulfone groups is 1. The van der Waals surface area contributed by atoms with Gasteiger partial charge < -0.3 is 10.4 Å². The van der Waals surface area contributed by atoms with E-state index >= 15 is 0 Å². The minimum absolute atomic E-state index is 0.0345. The van der Waals surface area contributed by atoms with Crippen molar-refractivity contribution in [2.75, 3.05) is 25.4 Å². The molecule has 5 nitrogen and oxygen atoms in total. The maximum absolute atomic E-state index is 12.7. The average molecular weight is 304 g/mol. The van der Waals surface area contributed by atoms with Crippen LogP contribution in [0.25, 0.3) is 0 Å². The Morgan fingerprint density at radius 3 is 2.40 bits per heavy atom. The van der Waals surface area contributed by atoms with Gasteiger partial charge in [0.25, 0.3) is 5.92 Å². The summed E-state index contributed by atoms with van der Waals surface area (Å²) in [5, 5.41) is 19.2. The van der Waals surface area contributed by atoms with E-state index in [0.29, 0.717) is 5.56 Å². The van der Waals surface area contributed by atoms with Crippen LogP contribution < -0.4 is 5.32 Å². The van der Waals surface area contributed by atoms with Crippen molar-refractivity contribution in [3.8, 4) is 6.07 Å². The summed E-state index contributed by atoms with van der Waals surface area (Å²) >= 11 is 0. The minimum Gasteiger partial charge on any atom is -0.390 e. The summed E-state index contributed by atoms with van der Waals surface area (Å²) in [4.78, 5) is 0.0345. The Hall–Kier alpha value is -1.56. The molecule has 1 rings (SSSR count). The van der Waals surface area contributed by atoms with Crippen molar-refractivity contribution < 1.29 is 22.3 Å². The first-order chi connectivity index (χ1) is 9.30. The van der Waals surface area contributed by atoms with Crippen LogP contribution in [0.2, 0.25) is 0 Å². The topological polar surface area (TPSA) is 90.2 Å². The van der Waals surface area contributed by atoms with Crippen molar-refractivity contribution in [1.82, 2.24) is 5.32 Å². The van der Waals surface area contributed by atoms with Gasteiger partial charge in [0, 0.05) is 6.54 Å². The van der Waals surface area contributed by atoms with Gasteiger partial charge in [-0.15, -0.1) is 0 Å². The summed E-state index contributed by atoms with van der Waals surface area (Å²) in [6.07, 6.45) is 0. The second-order valence-corrected chi connectivity index (χ2v) is 6.26.